The first-order chi connectivity index (χ1) is 6.52. The fourth-order valence-electron chi connectivity index (χ4n) is 3.64. The molecule has 0 heterocycles. The second kappa shape index (κ2) is 3.54. The maximum absolute atomic E-state index is 2.50. The highest BCUT2D eigenvalue weighted by Crippen LogP contribution is 2.53. The van der Waals surface area contributed by atoms with Gasteiger partial charge in [-0.05, 0) is 54.3 Å². The van der Waals surface area contributed by atoms with Crippen LogP contribution in [0.1, 0.15) is 47.5 Å². The van der Waals surface area contributed by atoms with Crippen LogP contribution in [-0.2, 0) is 0 Å². The van der Waals surface area contributed by atoms with Gasteiger partial charge in [-0.2, -0.15) is 0 Å². The largest absolute Gasteiger partial charge is 0.0622 e. The molecular weight excluding hydrogens is 168 g/mol. The molecule has 2 aliphatic carbocycles. The molecule has 2 rings (SSSR count). The van der Waals surface area contributed by atoms with E-state index in [4.69, 9.17) is 0 Å². The Morgan fingerprint density at radius 3 is 1.57 bits per heavy atom. The van der Waals surface area contributed by atoms with Crippen molar-refractivity contribution in [1.29, 1.82) is 0 Å². The van der Waals surface area contributed by atoms with Crippen LogP contribution in [0.5, 0.6) is 0 Å². The Kier molecular flexibility index (Phi) is 2.66. The summed E-state index contributed by atoms with van der Waals surface area (Å²) in [7, 11) is 0. The first-order valence-corrected chi connectivity index (χ1v) is 6.52. The summed E-state index contributed by atoms with van der Waals surface area (Å²) in [6.45, 7) is 12.3. The summed E-state index contributed by atoms with van der Waals surface area (Å²) in [4.78, 5) is 0. The van der Waals surface area contributed by atoms with E-state index in [1.165, 1.54) is 12.8 Å². The average molecular weight is 194 g/mol. The molecule has 0 aromatic carbocycles. The molecule has 82 valence electrons. The summed E-state index contributed by atoms with van der Waals surface area (Å²) in [5.41, 5.74) is 0. The second-order valence-corrected chi connectivity index (χ2v) is 6.33. The first kappa shape index (κ1) is 10.5. The highest BCUT2D eigenvalue weighted by Gasteiger charge is 2.45. The normalized spacial score (nSPS) is 50.8. The zero-order valence-electron chi connectivity index (χ0n) is 10.5. The average Bonchev–Trinajstić information content (AvgIpc) is 2.89. The van der Waals surface area contributed by atoms with Gasteiger partial charge in [-0.15, -0.1) is 0 Å². The predicted molar refractivity (Wildman–Crippen MR) is 62.0 cm³/mol. The Hall–Kier alpha value is 0. The van der Waals surface area contributed by atoms with Gasteiger partial charge < -0.3 is 0 Å². The minimum Gasteiger partial charge on any atom is -0.0622 e. The van der Waals surface area contributed by atoms with Gasteiger partial charge >= 0.3 is 0 Å². The molecule has 0 bridgehead atoms. The minimum atomic E-state index is 0.969. The van der Waals surface area contributed by atoms with Crippen molar-refractivity contribution in [3.05, 3.63) is 0 Å². The van der Waals surface area contributed by atoms with Crippen molar-refractivity contribution in [2.45, 2.75) is 47.5 Å². The van der Waals surface area contributed by atoms with E-state index < -0.39 is 0 Å². The van der Waals surface area contributed by atoms with E-state index >= 15 is 0 Å². The standard InChI is InChI=1S/C14H26/c1-8-6-14(10(8)3)12(5)11(4)13-7-9(13)2/h8-14H,6-7H2,1-5H3. The summed E-state index contributed by atoms with van der Waals surface area (Å²) in [5, 5.41) is 0. The topological polar surface area (TPSA) is 0 Å². The van der Waals surface area contributed by atoms with Crippen molar-refractivity contribution in [2.75, 3.05) is 0 Å². The molecular formula is C14H26. The molecule has 0 amide bonds. The molecule has 0 heteroatoms. The third kappa shape index (κ3) is 1.61. The van der Waals surface area contributed by atoms with Crippen LogP contribution >= 0.6 is 0 Å². The van der Waals surface area contributed by atoms with Crippen molar-refractivity contribution >= 4 is 0 Å². The lowest BCUT2D eigenvalue weighted by molar-refractivity contribution is 0.0274. The molecule has 0 saturated heterocycles. The molecule has 0 nitrogen and oxygen atoms in total. The highest BCUT2D eigenvalue weighted by molar-refractivity contribution is 4.94. The lowest BCUT2D eigenvalue weighted by atomic mass is 9.59. The van der Waals surface area contributed by atoms with Crippen LogP contribution in [0, 0.1) is 41.4 Å². The molecule has 14 heavy (non-hydrogen) atoms. The zero-order chi connectivity index (χ0) is 10.5. The number of hydrogen-bond donors (Lipinski definition) is 0. The van der Waals surface area contributed by atoms with Gasteiger partial charge in [-0.25, -0.2) is 0 Å². The van der Waals surface area contributed by atoms with Gasteiger partial charge in [0.1, 0.15) is 0 Å². The minimum absolute atomic E-state index is 0.969. The van der Waals surface area contributed by atoms with Crippen LogP contribution in [0.15, 0.2) is 0 Å². The molecule has 0 N–H and O–H groups in total. The predicted octanol–water partition coefficient (Wildman–Crippen LogP) is 4.21. The molecule has 0 aliphatic heterocycles. The lowest BCUT2D eigenvalue weighted by Crippen LogP contribution is -2.39. The van der Waals surface area contributed by atoms with Gasteiger partial charge in [0.2, 0.25) is 0 Å². The van der Waals surface area contributed by atoms with E-state index in [1.807, 2.05) is 0 Å². The van der Waals surface area contributed by atoms with E-state index in [2.05, 4.69) is 34.6 Å². The van der Waals surface area contributed by atoms with Crippen molar-refractivity contribution in [3.63, 3.8) is 0 Å². The Balaban J connectivity index is 1.86. The second-order valence-electron chi connectivity index (χ2n) is 6.33. The Morgan fingerprint density at radius 1 is 0.786 bits per heavy atom. The molecule has 7 atom stereocenters. The van der Waals surface area contributed by atoms with Crippen molar-refractivity contribution in [2.24, 2.45) is 41.4 Å². The van der Waals surface area contributed by atoms with Crippen molar-refractivity contribution in [1.82, 2.24) is 0 Å². The van der Waals surface area contributed by atoms with Gasteiger partial charge in [-0.3, -0.25) is 0 Å². The Bertz CT molecular complexity index is 204. The molecule has 2 aliphatic rings. The van der Waals surface area contributed by atoms with Crippen LogP contribution in [0.4, 0.5) is 0 Å². The maximum atomic E-state index is 2.50. The zero-order valence-corrected chi connectivity index (χ0v) is 10.5. The quantitative estimate of drug-likeness (QED) is 0.631. The first-order valence-electron chi connectivity index (χ1n) is 6.52. The van der Waals surface area contributed by atoms with Crippen LogP contribution in [0.3, 0.4) is 0 Å². The Morgan fingerprint density at radius 2 is 1.21 bits per heavy atom. The van der Waals surface area contributed by atoms with E-state index in [0.717, 1.165) is 41.4 Å². The van der Waals surface area contributed by atoms with Gasteiger partial charge in [-0.1, -0.05) is 34.6 Å². The van der Waals surface area contributed by atoms with Crippen LogP contribution in [0.25, 0.3) is 0 Å². The van der Waals surface area contributed by atoms with Crippen molar-refractivity contribution < 1.29 is 0 Å². The molecule has 0 radical (unpaired) electrons. The van der Waals surface area contributed by atoms with Gasteiger partial charge in [0.25, 0.3) is 0 Å². The summed E-state index contributed by atoms with van der Waals surface area (Å²) in [6.07, 6.45) is 3.00. The number of rotatable bonds is 3. The lowest BCUT2D eigenvalue weighted by Gasteiger charge is -2.46. The molecule has 0 aromatic rings. The summed E-state index contributed by atoms with van der Waals surface area (Å²) in [5.74, 6) is 7.05. The maximum Gasteiger partial charge on any atom is -0.0355 e. The van der Waals surface area contributed by atoms with Gasteiger partial charge in [0.05, 0.1) is 0 Å². The fourth-order valence-corrected chi connectivity index (χ4v) is 3.64. The number of hydrogen-bond acceptors (Lipinski definition) is 0. The summed E-state index contributed by atoms with van der Waals surface area (Å²) in [6, 6.07) is 0. The van der Waals surface area contributed by atoms with E-state index in [1.54, 1.807) is 0 Å². The van der Waals surface area contributed by atoms with Crippen LogP contribution in [0.2, 0.25) is 0 Å². The monoisotopic (exact) mass is 194 g/mol. The summed E-state index contributed by atoms with van der Waals surface area (Å²) < 4.78 is 0. The molecule has 2 saturated carbocycles. The molecule has 7 unspecified atom stereocenters. The fraction of sp³-hybridized carbons (Fsp3) is 1.00. The Labute approximate surface area is 89.5 Å². The molecule has 2 fully saturated rings. The van der Waals surface area contributed by atoms with E-state index in [-0.39, 0.29) is 0 Å². The molecule has 0 spiro atoms. The summed E-state index contributed by atoms with van der Waals surface area (Å²) >= 11 is 0. The van der Waals surface area contributed by atoms with Crippen LogP contribution in [-0.4, -0.2) is 0 Å². The SMILES string of the molecule is CC1CC(C(C)C(C)C2CC2C)C1C. The molecule has 0 aromatic heterocycles. The van der Waals surface area contributed by atoms with E-state index in [9.17, 15) is 0 Å². The van der Waals surface area contributed by atoms with Crippen LogP contribution < -0.4 is 0 Å². The highest BCUT2D eigenvalue weighted by atomic mass is 14.5. The third-order valence-corrected chi connectivity index (χ3v) is 5.57. The third-order valence-electron chi connectivity index (χ3n) is 5.57. The van der Waals surface area contributed by atoms with E-state index in [0.29, 0.717) is 0 Å². The smallest absolute Gasteiger partial charge is 0.0355 e. The van der Waals surface area contributed by atoms with Crippen molar-refractivity contribution in [3.8, 4) is 0 Å². The van der Waals surface area contributed by atoms with Gasteiger partial charge in [0, 0.05) is 0 Å². The van der Waals surface area contributed by atoms with Gasteiger partial charge in [0.15, 0.2) is 0 Å².